The van der Waals surface area contributed by atoms with Crippen LogP contribution in [0, 0.1) is 5.92 Å². The molecule has 0 aromatic heterocycles. The minimum absolute atomic E-state index is 0.0193. The summed E-state index contributed by atoms with van der Waals surface area (Å²) in [6, 6.07) is 0. The molecule has 0 aliphatic heterocycles. The summed E-state index contributed by atoms with van der Waals surface area (Å²) in [6.45, 7) is 5.15. The maximum Gasteiger partial charge on any atom is 0.266 e. The Kier molecular flexibility index (Phi) is 2.67. The molecule has 0 fully saturated rings. The average Bonchev–Trinajstić information content (AvgIpc) is 1.62. The number of hydrogen-bond donors (Lipinski definition) is 1. The van der Waals surface area contributed by atoms with Crippen LogP contribution in [0.5, 0.6) is 0 Å². The quantitative estimate of drug-likeness (QED) is 0.467. The van der Waals surface area contributed by atoms with Gasteiger partial charge >= 0.3 is 0 Å². The highest BCUT2D eigenvalue weighted by molar-refractivity contribution is 7.88. The molecule has 0 saturated carbocycles. The summed E-state index contributed by atoms with van der Waals surface area (Å²) in [6.07, 6.45) is 0. The van der Waals surface area contributed by atoms with Crippen molar-refractivity contribution >= 4 is 20.4 Å². The highest BCUT2D eigenvalue weighted by atomic mass is 32.2. The summed E-state index contributed by atoms with van der Waals surface area (Å²) in [5, 5.41) is 0. The molecule has 3 nitrogen and oxygen atoms in total. The average molecular weight is 182 g/mol. The maximum absolute atomic E-state index is 10.7. The smallest absolute Gasteiger partial charge is 0.266 e. The summed E-state index contributed by atoms with van der Waals surface area (Å²) in [5.41, 5.74) is 0. The SMILES string of the molecule is CC(C)C(C)([SiH3])S(=O)(=O)O. The van der Waals surface area contributed by atoms with Crippen LogP contribution in [-0.4, -0.2) is 27.6 Å². The fourth-order valence-corrected chi connectivity index (χ4v) is 0.894. The van der Waals surface area contributed by atoms with Crippen molar-refractivity contribution in [3.63, 3.8) is 0 Å². The van der Waals surface area contributed by atoms with Crippen LogP contribution in [0.3, 0.4) is 0 Å². The van der Waals surface area contributed by atoms with Gasteiger partial charge in [0.15, 0.2) is 0 Å². The monoisotopic (exact) mass is 182 g/mol. The van der Waals surface area contributed by atoms with Crippen molar-refractivity contribution in [2.45, 2.75) is 25.1 Å². The molecule has 62 valence electrons. The first kappa shape index (κ1) is 10.1. The molecule has 1 unspecified atom stereocenters. The fourth-order valence-electron chi connectivity index (χ4n) is 0.298. The Hall–Kier alpha value is 0.127. The third kappa shape index (κ3) is 1.80. The topological polar surface area (TPSA) is 54.4 Å². The maximum atomic E-state index is 10.7. The fraction of sp³-hybridized carbons (Fsp3) is 1.00. The van der Waals surface area contributed by atoms with Crippen molar-refractivity contribution in [2.75, 3.05) is 0 Å². The van der Waals surface area contributed by atoms with E-state index in [0.717, 1.165) is 0 Å². The van der Waals surface area contributed by atoms with E-state index in [0.29, 0.717) is 10.2 Å². The Labute approximate surface area is 65.0 Å². The van der Waals surface area contributed by atoms with Gasteiger partial charge in [-0.15, -0.1) is 0 Å². The molecule has 0 radical (unpaired) electrons. The van der Waals surface area contributed by atoms with Gasteiger partial charge < -0.3 is 0 Å². The standard InChI is InChI=1S/C5H14O3SSi/c1-4(2)5(3,10)9(6,7)8/h4H,1-3,10H3,(H,6,7,8). The van der Waals surface area contributed by atoms with Gasteiger partial charge in [-0.25, -0.2) is 0 Å². The molecule has 1 atom stereocenters. The first-order chi connectivity index (χ1) is 4.19. The van der Waals surface area contributed by atoms with E-state index in [1.54, 1.807) is 20.8 Å². The van der Waals surface area contributed by atoms with Crippen LogP contribution in [0.1, 0.15) is 20.8 Å². The molecule has 0 rings (SSSR count). The molecule has 10 heavy (non-hydrogen) atoms. The lowest BCUT2D eigenvalue weighted by molar-refractivity contribution is 0.433. The van der Waals surface area contributed by atoms with Crippen LogP contribution in [0.4, 0.5) is 0 Å². The highest BCUT2D eigenvalue weighted by Gasteiger charge is 2.35. The molecule has 0 bridgehead atoms. The molecular formula is C5H14O3SSi. The largest absolute Gasteiger partial charge is 0.285 e. The molecule has 0 amide bonds. The second-order valence-electron chi connectivity index (χ2n) is 3.23. The molecule has 0 heterocycles. The van der Waals surface area contributed by atoms with Gasteiger partial charge in [0.25, 0.3) is 10.1 Å². The van der Waals surface area contributed by atoms with Crippen molar-refractivity contribution in [3.05, 3.63) is 0 Å². The third-order valence-corrected chi connectivity index (χ3v) is 6.56. The predicted octanol–water partition coefficient (Wildman–Crippen LogP) is -0.388. The Morgan fingerprint density at radius 1 is 1.50 bits per heavy atom. The molecule has 0 spiro atoms. The summed E-state index contributed by atoms with van der Waals surface area (Å²) >= 11 is 0. The molecule has 0 aromatic carbocycles. The predicted molar refractivity (Wildman–Crippen MR) is 44.7 cm³/mol. The summed E-state index contributed by atoms with van der Waals surface area (Å²) in [4.78, 5) is 0. The van der Waals surface area contributed by atoms with Crippen LogP contribution in [0.25, 0.3) is 0 Å². The van der Waals surface area contributed by atoms with Crippen LogP contribution in [-0.2, 0) is 10.1 Å². The van der Waals surface area contributed by atoms with E-state index in [2.05, 4.69) is 0 Å². The van der Waals surface area contributed by atoms with Gasteiger partial charge in [0.2, 0.25) is 0 Å². The lowest BCUT2D eigenvalue weighted by atomic mass is 10.1. The van der Waals surface area contributed by atoms with E-state index >= 15 is 0 Å². The molecule has 0 saturated heterocycles. The van der Waals surface area contributed by atoms with Crippen LogP contribution in [0.2, 0.25) is 0 Å². The molecular weight excluding hydrogens is 168 g/mol. The Morgan fingerprint density at radius 2 is 1.80 bits per heavy atom. The van der Waals surface area contributed by atoms with Crippen LogP contribution in [0.15, 0.2) is 0 Å². The zero-order chi connectivity index (χ0) is 8.58. The lowest BCUT2D eigenvalue weighted by Gasteiger charge is -2.24. The summed E-state index contributed by atoms with van der Waals surface area (Å²) < 4.78 is 29.2. The molecule has 1 N–H and O–H groups in total. The zero-order valence-corrected chi connectivity index (χ0v) is 9.57. The lowest BCUT2D eigenvalue weighted by Crippen LogP contribution is -2.40. The van der Waals surface area contributed by atoms with Gasteiger partial charge in [-0.2, -0.15) is 8.42 Å². The number of hydrogen-bond acceptors (Lipinski definition) is 2. The van der Waals surface area contributed by atoms with Crippen LogP contribution >= 0.6 is 0 Å². The minimum atomic E-state index is -3.84. The van der Waals surface area contributed by atoms with Gasteiger partial charge in [0.1, 0.15) is 0 Å². The van der Waals surface area contributed by atoms with Crippen molar-refractivity contribution < 1.29 is 13.0 Å². The van der Waals surface area contributed by atoms with E-state index in [9.17, 15) is 8.42 Å². The van der Waals surface area contributed by atoms with Gasteiger partial charge in [0.05, 0.1) is 4.37 Å². The van der Waals surface area contributed by atoms with Gasteiger partial charge in [-0.3, -0.25) is 4.55 Å². The van der Waals surface area contributed by atoms with Crippen molar-refractivity contribution in [1.29, 1.82) is 0 Å². The van der Waals surface area contributed by atoms with Gasteiger partial charge in [-0.1, -0.05) is 13.8 Å². The van der Waals surface area contributed by atoms with Crippen molar-refractivity contribution in [3.8, 4) is 0 Å². The Bertz CT molecular complexity index is 205. The van der Waals surface area contributed by atoms with Crippen molar-refractivity contribution in [2.24, 2.45) is 5.92 Å². The first-order valence-electron chi connectivity index (χ1n) is 3.16. The third-order valence-electron chi connectivity index (χ3n) is 2.06. The van der Waals surface area contributed by atoms with E-state index in [1.807, 2.05) is 0 Å². The van der Waals surface area contributed by atoms with Crippen molar-refractivity contribution in [1.82, 2.24) is 0 Å². The molecule has 0 aromatic rings. The van der Waals surface area contributed by atoms with Gasteiger partial charge in [0, 0.05) is 10.2 Å². The zero-order valence-electron chi connectivity index (χ0n) is 6.75. The molecule has 0 aliphatic rings. The second kappa shape index (κ2) is 2.63. The van der Waals surface area contributed by atoms with E-state index in [4.69, 9.17) is 4.55 Å². The Balaban J connectivity index is 4.76. The summed E-state index contributed by atoms with van der Waals surface area (Å²) in [5.74, 6) is -0.0193. The molecule has 0 aliphatic carbocycles. The van der Waals surface area contributed by atoms with Crippen LogP contribution < -0.4 is 0 Å². The summed E-state index contributed by atoms with van der Waals surface area (Å²) in [7, 11) is -3.39. The van der Waals surface area contributed by atoms with E-state index in [-0.39, 0.29) is 5.92 Å². The minimum Gasteiger partial charge on any atom is -0.285 e. The van der Waals surface area contributed by atoms with Gasteiger partial charge in [-0.05, 0) is 12.8 Å². The molecule has 5 heteroatoms. The second-order valence-corrected chi connectivity index (χ2v) is 8.04. The first-order valence-corrected chi connectivity index (χ1v) is 5.60. The highest BCUT2D eigenvalue weighted by Crippen LogP contribution is 2.20. The Morgan fingerprint density at radius 3 is 1.80 bits per heavy atom. The van der Waals surface area contributed by atoms with E-state index < -0.39 is 14.5 Å². The van der Waals surface area contributed by atoms with E-state index in [1.165, 1.54) is 0 Å². The normalized spacial score (nSPS) is 19.3. The number of rotatable bonds is 2.